The number of rotatable bonds is 4. The molecule has 1 saturated heterocycles. The van der Waals surface area contributed by atoms with Crippen LogP contribution in [0.4, 0.5) is 8.78 Å². The summed E-state index contributed by atoms with van der Waals surface area (Å²) in [6.45, 7) is -0.313. The highest BCUT2D eigenvalue weighted by molar-refractivity contribution is 7.89. The smallest absolute Gasteiger partial charge is 0.336 e. The van der Waals surface area contributed by atoms with Gasteiger partial charge in [-0.1, -0.05) is 0 Å². The molecule has 122 valence electrons. The standard InChI is InChI=1S/C13H15F2NO5S/c1-8-10(12(18)19)4-9(5-11(8)14)22(20,21)16-3-2-13(15,6-16)7-17/h4-5,17H,2-3,6-7H2,1H3,(H,18,19). The van der Waals surface area contributed by atoms with Crippen LogP contribution in [0.25, 0.3) is 0 Å². The van der Waals surface area contributed by atoms with Gasteiger partial charge in [0.1, 0.15) is 11.5 Å². The number of benzene rings is 1. The second kappa shape index (κ2) is 5.56. The molecule has 1 aliphatic heterocycles. The predicted molar refractivity (Wildman–Crippen MR) is 72.4 cm³/mol. The van der Waals surface area contributed by atoms with Gasteiger partial charge in [0.05, 0.1) is 23.6 Å². The van der Waals surface area contributed by atoms with Crippen LogP contribution < -0.4 is 0 Å². The highest BCUT2D eigenvalue weighted by Crippen LogP contribution is 2.31. The van der Waals surface area contributed by atoms with Crippen molar-refractivity contribution in [3.8, 4) is 0 Å². The lowest BCUT2D eigenvalue weighted by Crippen LogP contribution is -2.35. The first kappa shape index (κ1) is 16.8. The third-order valence-corrected chi connectivity index (χ3v) is 5.56. The van der Waals surface area contributed by atoms with E-state index < -0.39 is 51.1 Å². The maximum absolute atomic E-state index is 14.0. The van der Waals surface area contributed by atoms with Crippen LogP contribution in [0.15, 0.2) is 17.0 Å². The van der Waals surface area contributed by atoms with Gasteiger partial charge in [-0.05, 0) is 31.0 Å². The Morgan fingerprint density at radius 1 is 1.45 bits per heavy atom. The summed E-state index contributed by atoms with van der Waals surface area (Å²) in [5.41, 5.74) is -2.68. The van der Waals surface area contributed by atoms with Crippen molar-refractivity contribution < 1.29 is 32.2 Å². The Kier molecular flexibility index (Phi) is 4.24. The van der Waals surface area contributed by atoms with Crippen LogP contribution in [-0.4, -0.2) is 54.3 Å². The average Bonchev–Trinajstić information content (AvgIpc) is 2.85. The average molecular weight is 335 g/mol. The first-order valence-electron chi connectivity index (χ1n) is 6.44. The van der Waals surface area contributed by atoms with Gasteiger partial charge in [-0.2, -0.15) is 4.31 Å². The summed E-state index contributed by atoms with van der Waals surface area (Å²) in [4.78, 5) is 10.5. The summed E-state index contributed by atoms with van der Waals surface area (Å²) in [5, 5.41) is 17.9. The molecule has 0 aliphatic carbocycles. The molecule has 1 aliphatic rings. The highest BCUT2D eigenvalue weighted by Gasteiger charge is 2.43. The second-order valence-corrected chi connectivity index (χ2v) is 7.22. The molecule has 6 nitrogen and oxygen atoms in total. The first-order valence-corrected chi connectivity index (χ1v) is 7.88. The summed E-state index contributed by atoms with van der Waals surface area (Å²) in [6, 6.07) is 1.57. The van der Waals surface area contributed by atoms with Crippen molar-refractivity contribution in [2.75, 3.05) is 19.7 Å². The van der Waals surface area contributed by atoms with E-state index in [1.54, 1.807) is 0 Å². The van der Waals surface area contributed by atoms with Crippen molar-refractivity contribution >= 4 is 16.0 Å². The zero-order valence-electron chi connectivity index (χ0n) is 11.7. The van der Waals surface area contributed by atoms with Gasteiger partial charge in [-0.15, -0.1) is 0 Å². The fourth-order valence-corrected chi connectivity index (χ4v) is 3.86. The Bertz CT molecular complexity index is 721. The normalized spacial score (nSPS) is 22.9. The molecule has 0 aromatic heterocycles. The van der Waals surface area contributed by atoms with Crippen LogP contribution in [0.1, 0.15) is 22.3 Å². The molecule has 22 heavy (non-hydrogen) atoms. The van der Waals surface area contributed by atoms with Crippen molar-refractivity contribution in [3.05, 3.63) is 29.1 Å². The molecule has 0 spiro atoms. The van der Waals surface area contributed by atoms with Crippen LogP contribution in [0, 0.1) is 12.7 Å². The van der Waals surface area contributed by atoms with E-state index in [1.165, 1.54) is 6.92 Å². The molecular formula is C13H15F2NO5S. The number of aliphatic hydroxyl groups is 1. The number of hydrogen-bond acceptors (Lipinski definition) is 4. The van der Waals surface area contributed by atoms with E-state index in [-0.39, 0.29) is 18.5 Å². The van der Waals surface area contributed by atoms with Crippen molar-refractivity contribution in [1.29, 1.82) is 0 Å². The van der Waals surface area contributed by atoms with E-state index in [4.69, 9.17) is 10.2 Å². The number of carboxylic acids is 1. The second-order valence-electron chi connectivity index (χ2n) is 5.28. The number of aromatic carboxylic acids is 1. The summed E-state index contributed by atoms with van der Waals surface area (Å²) in [7, 11) is -4.24. The van der Waals surface area contributed by atoms with E-state index in [9.17, 15) is 22.0 Å². The van der Waals surface area contributed by atoms with E-state index in [0.29, 0.717) is 6.07 Å². The molecule has 1 aromatic carbocycles. The summed E-state index contributed by atoms with van der Waals surface area (Å²) in [6.07, 6.45) is -0.178. The SMILES string of the molecule is Cc1c(F)cc(S(=O)(=O)N2CCC(F)(CO)C2)cc1C(=O)O. The zero-order chi connectivity index (χ0) is 16.7. The Balaban J connectivity index is 2.45. The molecule has 9 heteroatoms. The molecule has 0 bridgehead atoms. The number of carboxylic acid groups (broad SMARTS) is 1. The van der Waals surface area contributed by atoms with Gasteiger partial charge < -0.3 is 10.2 Å². The van der Waals surface area contributed by atoms with Crippen molar-refractivity contribution in [3.63, 3.8) is 0 Å². The first-order chi connectivity index (χ1) is 10.1. The quantitative estimate of drug-likeness (QED) is 0.853. The van der Waals surface area contributed by atoms with Crippen LogP contribution >= 0.6 is 0 Å². The minimum absolute atomic E-state index is 0.169. The topological polar surface area (TPSA) is 94.9 Å². The van der Waals surface area contributed by atoms with Gasteiger partial charge >= 0.3 is 5.97 Å². The van der Waals surface area contributed by atoms with E-state index >= 15 is 0 Å². The van der Waals surface area contributed by atoms with Crippen LogP contribution in [0.3, 0.4) is 0 Å². The fraction of sp³-hybridized carbons (Fsp3) is 0.462. The maximum Gasteiger partial charge on any atom is 0.336 e. The molecule has 1 atom stereocenters. The Morgan fingerprint density at radius 3 is 2.59 bits per heavy atom. The van der Waals surface area contributed by atoms with Gasteiger partial charge in [0.15, 0.2) is 0 Å². The van der Waals surface area contributed by atoms with Crippen LogP contribution in [0.2, 0.25) is 0 Å². The van der Waals surface area contributed by atoms with Crippen LogP contribution in [-0.2, 0) is 10.0 Å². The van der Waals surface area contributed by atoms with E-state index in [0.717, 1.165) is 10.4 Å². The lowest BCUT2D eigenvalue weighted by atomic mass is 10.1. The lowest BCUT2D eigenvalue weighted by Gasteiger charge is -2.19. The number of halogens is 2. The molecule has 2 rings (SSSR count). The molecule has 1 fully saturated rings. The molecule has 0 saturated carbocycles. The van der Waals surface area contributed by atoms with Gasteiger partial charge in [0, 0.05) is 6.54 Å². The van der Waals surface area contributed by atoms with Crippen LogP contribution in [0.5, 0.6) is 0 Å². The third kappa shape index (κ3) is 2.83. The summed E-state index contributed by atoms with van der Waals surface area (Å²) < 4.78 is 53.3. The van der Waals surface area contributed by atoms with Crippen molar-refractivity contribution in [2.24, 2.45) is 0 Å². The number of sulfonamides is 1. The van der Waals surface area contributed by atoms with Gasteiger partial charge in [0.25, 0.3) is 0 Å². The number of aliphatic hydroxyl groups excluding tert-OH is 1. The minimum atomic E-state index is -4.24. The third-order valence-electron chi connectivity index (χ3n) is 3.74. The van der Waals surface area contributed by atoms with E-state index in [2.05, 4.69) is 0 Å². The lowest BCUT2D eigenvalue weighted by molar-refractivity contribution is 0.0695. The van der Waals surface area contributed by atoms with Crippen molar-refractivity contribution in [1.82, 2.24) is 4.31 Å². The monoisotopic (exact) mass is 335 g/mol. The maximum atomic E-state index is 14.0. The van der Waals surface area contributed by atoms with E-state index in [1.807, 2.05) is 0 Å². The molecule has 1 heterocycles. The van der Waals surface area contributed by atoms with Gasteiger partial charge in [-0.25, -0.2) is 22.0 Å². The largest absolute Gasteiger partial charge is 0.478 e. The Labute approximate surface area is 126 Å². The molecule has 0 amide bonds. The molecule has 2 N–H and O–H groups in total. The molecular weight excluding hydrogens is 320 g/mol. The fourth-order valence-electron chi connectivity index (χ4n) is 2.31. The molecule has 0 radical (unpaired) electrons. The highest BCUT2D eigenvalue weighted by atomic mass is 32.2. The predicted octanol–water partition coefficient (Wildman–Crippen LogP) is 0.927. The Hall–Kier alpha value is -1.58. The zero-order valence-corrected chi connectivity index (χ0v) is 12.5. The van der Waals surface area contributed by atoms with Gasteiger partial charge in [-0.3, -0.25) is 0 Å². The minimum Gasteiger partial charge on any atom is -0.478 e. The van der Waals surface area contributed by atoms with Gasteiger partial charge in [0.2, 0.25) is 10.0 Å². The summed E-state index contributed by atoms with van der Waals surface area (Å²) in [5.74, 6) is -2.42. The number of hydrogen-bond donors (Lipinski definition) is 2. The molecule has 1 aromatic rings. The number of carbonyl (C=O) groups is 1. The molecule has 1 unspecified atom stereocenters. The Morgan fingerprint density at radius 2 is 2.09 bits per heavy atom. The number of alkyl halides is 1. The number of nitrogens with zero attached hydrogens (tertiary/aromatic N) is 1. The van der Waals surface area contributed by atoms with Crippen molar-refractivity contribution in [2.45, 2.75) is 23.9 Å². The summed E-state index contributed by atoms with van der Waals surface area (Å²) >= 11 is 0.